The van der Waals surface area contributed by atoms with Crippen LogP contribution in [0.15, 0.2) is 41.7 Å². The number of aryl methyl sites for hydroxylation is 1. The van der Waals surface area contributed by atoms with Gasteiger partial charge in [0.2, 0.25) is 0 Å². The number of nitrogens with one attached hydrogen (secondary N) is 3. The number of nitrogens with zero attached hydrogens (tertiary/aromatic N) is 3. The predicted molar refractivity (Wildman–Crippen MR) is 135 cm³/mol. The molecule has 9 heteroatoms. The van der Waals surface area contributed by atoms with E-state index >= 15 is 0 Å². The monoisotopic (exact) mass is 542 g/mol. The minimum atomic E-state index is -1.07. The van der Waals surface area contributed by atoms with E-state index in [9.17, 15) is 9.90 Å². The van der Waals surface area contributed by atoms with Crippen molar-refractivity contribution in [1.82, 2.24) is 25.7 Å². The van der Waals surface area contributed by atoms with Crippen molar-refractivity contribution >= 4 is 35.8 Å². The minimum Gasteiger partial charge on any atom is -0.383 e. The van der Waals surface area contributed by atoms with E-state index in [-0.39, 0.29) is 29.9 Å². The molecule has 0 aliphatic rings. The van der Waals surface area contributed by atoms with Crippen LogP contribution in [-0.2, 0) is 19.2 Å². The molecule has 0 aliphatic heterocycles. The van der Waals surface area contributed by atoms with Crippen LogP contribution in [-0.4, -0.2) is 46.4 Å². The highest BCUT2D eigenvalue weighted by Crippen LogP contribution is 2.18. The third-order valence-corrected chi connectivity index (χ3v) is 4.72. The summed E-state index contributed by atoms with van der Waals surface area (Å²) in [5, 5.41) is 24.1. The van der Waals surface area contributed by atoms with E-state index in [0.29, 0.717) is 37.7 Å². The molecule has 2 rings (SSSR count). The number of carbonyl (C=O) groups excluding carboxylic acids is 1. The summed E-state index contributed by atoms with van der Waals surface area (Å²) in [4.78, 5) is 16.7. The third kappa shape index (κ3) is 8.86. The summed E-state index contributed by atoms with van der Waals surface area (Å²) in [5.41, 5.74) is 1.31. The molecule has 0 bridgehead atoms. The Balaban J connectivity index is 0.00000480. The van der Waals surface area contributed by atoms with Crippen LogP contribution in [0.25, 0.3) is 0 Å². The molecule has 31 heavy (non-hydrogen) atoms. The lowest BCUT2D eigenvalue weighted by molar-refractivity contribution is 0.0616. The van der Waals surface area contributed by atoms with Gasteiger partial charge in [-0.1, -0.05) is 25.5 Å². The van der Waals surface area contributed by atoms with Gasteiger partial charge < -0.3 is 21.1 Å². The minimum absolute atomic E-state index is 0. The Morgan fingerprint density at radius 1 is 1.19 bits per heavy atom. The van der Waals surface area contributed by atoms with Crippen molar-refractivity contribution in [3.8, 4) is 0 Å². The Labute approximate surface area is 201 Å². The number of guanidine groups is 1. The molecule has 8 nitrogen and oxygen atoms in total. The first-order valence-electron chi connectivity index (χ1n) is 10.5. The molecule has 4 N–H and O–H groups in total. The number of benzene rings is 1. The molecule has 0 radical (unpaired) electrons. The van der Waals surface area contributed by atoms with E-state index in [1.165, 1.54) is 0 Å². The fourth-order valence-corrected chi connectivity index (χ4v) is 2.81. The van der Waals surface area contributed by atoms with E-state index in [2.05, 4.69) is 33.0 Å². The van der Waals surface area contributed by atoms with E-state index in [4.69, 9.17) is 0 Å². The Hall–Kier alpha value is -2.14. The van der Waals surface area contributed by atoms with E-state index in [0.717, 1.165) is 24.0 Å². The molecule has 0 saturated heterocycles. The number of hydrogen-bond donors (Lipinski definition) is 4. The van der Waals surface area contributed by atoms with Gasteiger partial charge >= 0.3 is 0 Å². The molecule has 0 saturated carbocycles. The molecule has 1 aromatic heterocycles. The molecule has 0 aliphatic carbocycles. The van der Waals surface area contributed by atoms with Gasteiger partial charge in [-0.05, 0) is 38.0 Å². The number of aliphatic hydroxyl groups is 1. The molecule has 2 aromatic rings. The first kappa shape index (κ1) is 26.9. The molecule has 172 valence electrons. The van der Waals surface area contributed by atoms with Crippen LogP contribution in [0, 0.1) is 0 Å². The molecule has 1 aromatic carbocycles. The number of amides is 1. The molecular weight excluding hydrogens is 507 g/mol. The van der Waals surface area contributed by atoms with Crippen molar-refractivity contribution in [3.05, 3.63) is 53.3 Å². The fraction of sp³-hybridized carbons (Fsp3) is 0.500. The van der Waals surface area contributed by atoms with Gasteiger partial charge in [0.25, 0.3) is 5.91 Å². The summed E-state index contributed by atoms with van der Waals surface area (Å²) in [6.45, 7) is 7.98. The lowest BCUT2D eigenvalue weighted by Gasteiger charge is -2.23. The van der Waals surface area contributed by atoms with Crippen molar-refractivity contribution < 1.29 is 9.90 Å². The lowest BCUT2D eigenvalue weighted by atomic mass is 10.00. The topological polar surface area (TPSA) is 104 Å². The second-order valence-electron chi connectivity index (χ2n) is 7.53. The zero-order valence-electron chi connectivity index (χ0n) is 18.8. The van der Waals surface area contributed by atoms with E-state index < -0.39 is 5.60 Å². The van der Waals surface area contributed by atoms with Crippen LogP contribution in [0.4, 0.5) is 0 Å². The number of halogens is 1. The van der Waals surface area contributed by atoms with Crippen LogP contribution in [0.5, 0.6) is 0 Å². The van der Waals surface area contributed by atoms with Crippen molar-refractivity contribution in [2.24, 2.45) is 12.0 Å². The van der Waals surface area contributed by atoms with Gasteiger partial charge in [0.15, 0.2) is 5.96 Å². The number of aromatic nitrogens is 2. The molecule has 1 unspecified atom stereocenters. The van der Waals surface area contributed by atoms with Gasteiger partial charge in [0.05, 0.1) is 19.3 Å². The van der Waals surface area contributed by atoms with Crippen LogP contribution < -0.4 is 16.0 Å². The van der Waals surface area contributed by atoms with Crippen molar-refractivity contribution in [1.29, 1.82) is 0 Å². The van der Waals surface area contributed by atoms with Gasteiger partial charge in [0, 0.05) is 37.5 Å². The number of unbranched alkanes of at least 4 members (excludes halogenated alkanes) is 1. The van der Waals surface area contributed by atoms with Crippen molar-refractivity contribution in [2.75, 3.05) is 19.6 Å². The number of rotatable bonds is 10. The average molecular weight is 542 g/mol. The highest BCUT2D eigenvalue weighted by atomic mass is 127. The van der Waals surface area contributed by atoms with Crippen LogP contribution in [0.2, 0.25) is 0 Å². The molecular formula is C22H35IN6O2. The SMILES string of the molecule is CCCCNC(=O)c1ccc(CN=C(NCC)NCC(C)(O)c2cnn(C)c2)cc1.I. The molecule has 1 amide bonds. The van der Waals surface area contributed by atoms with Gasteiger partial charge in [0.1, 0.15) is 5.60 Å². The second kappa shape index (κ2) is 13.3. The first-order chi connectivity index (χ1) is 14.4. The number of carbonyl (C=O) groups is 1. The quantitative estimate of drug-likeness (QED) is 0.160. The van der Waals surface area contributed by atoms with Gasteiger partial charge in [-0.3, -0.25) is 9.48 Å². The molecule has 0 spiro atoms. The summed E-state index contributed by atoms with van der Waals surface area (Å²) >= 11 is 0. The summed E-state index contributed by atoms with van der Waals surface area (Å²) in [5.74, 6) is 0.564. The maximum Gasteiger partial charge on any atom is 0.251 e. The zero-order chi connectivity index (χ0) is 22.0. The smallest absolute Gasteiger partial charge is 0.251 e. The average Bonchev–Trinajstić information content (AvgIpc) is 3.18. The second-order valence-corrected chi connectivity index (χ2v) is 7.53. The van der Waals surface area contributed by atoms with E-state index in [1.807, 2.05) is 38.2 Å². The van der Waals surface area contributed by atoms with Gasteiger partial charge in [-0.25, -0.2) is 4.99 Å². The Kier molecular flexibility index (Phi) is 11.5. The summed E-state index contributed by atoms with van der Waals surface area (Å²) in [6.07, 6.45) is 5.49. The molecule has 0 fully saturated rings. The Bertz CT molecular complexity index is 833. The van der Waals surface area contributed by atoms with Gasteiger partial charge in [-0.2, -0.15) is 5.10 Å². The van der Waals surface area contributed by atoms with Gasteiger partial charge in [-0.15, -0.1) is 24.0 Å². The third-order valence-electron chi connectivity index (χ3n) is 4.72. The largest absolute Gasteiger partial charge is 0.383 e. The predicted octanol–water partition coefficient (Wildman–Crippen LogP) is 2.53. The highest BCUT2D eigenvalue weighted by Gasteiger charge is 2.25. The number of aliphatic imine (C=N–C) groups is 1. The lowest BCUT2D eigenvalue weighted by Crippen LogP contribution is -2.44. The molecule has 1 heterocycles. The first-order valence-corrected chi connectivity index (χ1v) is 10.5. The summed E-state index contributed by atoms with van der Waals surface area (Å²) in [7, 11) is 1.82. The summed E-state index contributed by atoms with van der Waals surface area (Å²) in [6, 6.07) is 7.46. The zero-order valence-corrected chi connectivity index (χ0v) is 21.1. The fourth-order valence-electron chi connectivity index (χ4n) is 2.81. The van der Waals surface area contributed by atoms with Crippen LogP contribution in [0.3, 0.4) is 0 Å². The molecule has 1 atom stereocenters. The summed E-state index contributed by atoms with van der Waals surface area (Å²) < 4.78 is 1.66. The highest BCUT2D eigenvalue weighted by molar-refractivity contribution is 14.0. The maximum absolute atomic E-state index is 12.1. The standard InChI is InChI=1S/C22H34N6O2.HI/c1-5-7-12-24-20(29)18-10-8-17(9-11-18)13-25-21(23-6-2)26-16-22(3,30)19-14-27-28(4)15-19;/h8-11,14-15,30H,5-7,12-13,16H2,1-4H3,(H,24,29)(H2,23,25,26);1H. The number of hydrogen-bond acceptors (Lipinski definition) is 4. The Morgan fingerprint density at radius 3 is 2.48 bits per heavy atom. The van der Waals surface area contributed by atoms with Crippen molar-refractivity contribution in [2.45, 2.75) is 45.8 Å². The van der Waals surface area contributed by atoms with Crippen LogP contribution in [0.1, 0.15) is 55.1 Å². The van der Waals surface area contributed by atoms with Crippen LogP contribution >= 0.6 is 24.0 Å². The normalized spacial score (nSPS) is 13.1. The van der Waals surface area contributed by atoms with Crippen molar-refractivity contribution in [3.63, 3.8) is 0 Å². The maximum atomic E-state index is 12.1. The Morgan fingerprint density at radius 2 is 1.90 bits per heavy atom. The van der Waals surface area contributed by atoms with E-state index in [1.54, 1.807) is 24.0 Å².